The third-order valence-electron chi connectivity index (χ3n) is 5.18. The number of hydrogen-bond acceptors (Lipinski definition) is 2. The molecule has 2 heteroatoms. The summed E-state index contributed by atoms with van der Waals surface area (Å²) < 4.78 is 6.71. The minimum absolute atomic E-state index is 0.252. The Morgan fingerprint density at radius 1 is 0.909 bits per heavy atom. The van der Waals surface area contributed by atoms with Crippen LogP contribution in [0.25, 0.3) is 0 Å². The van der Waals surface area contributed by atoms with Crippen molar-refractivity contribution in [2.75, 3.05) is 0 Å². The lowest BCUT2D eigenvalue weighted by atomic mass is 9.80. The molecule has 0 saturated heterocycles. The first-order chi connectivity index (χ1) is 10.7. The molecule has 1 aliphatic carbocycles. The molecule has 22 heavy (non-hydrogen) atoms. The molecule has 1 aliphatic heterocycles. The van der Waals surface area contributed by atoms with Gasteiger partial charge in [-0.05, 0) is 30.4 Å². The second-order valence-corrected chi connectivity index (χ2v) is 6.27. The van der Waals surface area contributed by atoms with Crippen LogP contribution in [0, 0.1) is 0 Å². The van der Waals surface area contributed by atoms with Gasteiger partial charge in [0.2, 0.25) is 5.72 Å². The highest BCUT2D eigenvalue weighted by Crippen LogP contribution is 2.49. The summed E-state index contributed by atoms with van der Waals surface area (Å²) in [7, 11) is 0. The molecule has 112 valence electrons. The van der Waals surface area contributed by atoms with Crippen molar-refractivity contribution in [1.82, 2.24) is 0 Å². The van der Waals surface area contributed by atoms with Gasteiger partial charge in [-0.3, -0.25) is 4.99 Å². The van der Waals surface area contributed by atoms with Crippen LogP contribution in [0.15, 0.2) is 53.5 Å². The Morgan fingerprint density at radius 3 is 1.95 bits per heavy atom. The molecule has 2 aliphatic rings. The molecular formula is C20H21NO. The zero-order valence-corrected chi connectivity index (χ0v) is 13.2. The van der Waals surface area contributed by atoms with E-state index in [0.717, 1.165) is 19.3 Å². The van der Waals surface area contributed by atoms with Crippen molar-refractivity contribution in [2.24, 2.45) is 4.99 Å². The molecule has 1 heterocycles. The summed E-state index contributed by atoms with van der Waals surface area (Å²) in [4.78, 5) is 4.96. The van der Waals surface area contributed by atoms with Gasteiger partial charge in [0.25, 0.3) is 0 Å². The monoisotopic (exact) mass is 291 g/mol. The van der Waals surface area contributed by atoms with E-state index in [-0.39, 0.29) is 5.60 Å². The fourth-order valence-electron chi connectivity index (χ4n) is 3.74. The summed E-state index contributed by atoms with van der Waals surface area (Å²) in [5.74, 6) is 0. The highest BCUT2D eigenvalue weighted by Gasteiger charge is 2.50. The van der Waals surface area contributed by atoms with E-state index in [1.807, 2.05) is 6.21 Å². The van der Waals surface area contributed by atoms with Crippen molar-refractivity contribution in [3.63, 3.8) is 0 Å². The third kappa shape index (κ3) is 1.74. The zero-order chi connectivity index (χ0) is 15.2. The molecule has 0 aromatic heterocycles. The maximum atomic E-state index is 6.71. The SMILES string of the molecule is CCC1(CC)C=NC2(O1)c1ccccc1Cc1ccccc12. The Bertz CT molecular complexity index is 697. The van der Waals surface area contributed by atoms with Crippen LogP contribution in [-0.4, -0.2) is 11.8 Å². The standard InChI is InChI=1S/C20H21NO/c1-3-19(4-2)14-21-20(22-19)17-11-7-5-9-15(17)13-16-10-6-8-12-18(16)20/h5-12,14H,3-4,13H2,1-2H3. The predicted octanol–water partition coefficient (Wildman–Crippen LogP) is 4.45. The first kappa shape index (κ1) is 13.7. The zero-order valence-electron chi connectivity index (χ0n) is 13.2. The third-order valence-corrected chi connectivity index (χ3v) is 5.18. The lowest BCUT2D eigenvalue weighted by Crippen LogP contribution is -2.39. The van der Waals surface area contributed by atoms with Crippen LogP contribution >= 0.6 is 0 Å². The summed E-state index contributed by atoms with van der Waals surface area (Å²) >= 11 is 0. The van der Waals surface area contributed by atoms with Gasteiger partial charge >= 0.3 is 0 Å². The van der Waals surface area contributed by atoms with E-state index >= 15 is 0 Å². The first-order valence-electron chi connectivity index (χ1n) is 8.16. The quantitative estimate of drug-likeness (QED) is 0.801. The number of ether oxygens (including phenoxy) is 1. The minimum atomic E-state index is -0.655. The molecule has 2 aromatic carbocycles. The largest absolute Gasteiger partial charge is 0.333 e. The molecule has 0 saturated carbocycles. The molecule has 0 amide bonds. The van der Waals surface area contributed by atoms with Crippen molar-refractivity contribution in [2.45, 2.75) is 44.4 Å². The van der Waals surface area contributed by atoms with Gasteiger partial charge in [0.1, 0.15) is 5.60 Å². The van der Waals surface area contributed by atoms with Crippen molar-refractivity contribution in [3.05, 3.63) is 70.8 Å². The number of benzene rings is 2. The number of fused-ring (bicyclic) bond motifs is 4. The number of hydrogen-bond donors (Lipinski definition) is 0. The van der Waals surface area contributed by atoms with E-state index in [1.54, 1.807) is 0 Å². The van der Waals surface area contributed by atoms with Crippen molar-refractivity contribution >= 4 is 6.21 Å². The van der Waals surface area contributed by atoms with Gasteiger partial charge in [-0.15, -0.1) is 0 Å². The average molecular weight is 291 g/mol. The lowest BCUT2D eigenvalue weighted by Gasteiger charge is -2.38. The normalized spacial score (nSPS) is 19.9. The average Bonchev–Trinajstić information content (AvgIpc) is 2.97. The summed E-state index contributed by atoms with van der Waals surface area (Å²) in [6.07, 6.45) is 4.89. The number of aliphatic imine (C=N–C) groups is 1. The highest BCUT2D eigenvalue weighted by molar-refractivity contribution is 5.73. The van der Waals surface area contributed by atoms with Crippen LogP contribution in [0.5, 0.6) is 0 Å². The second-order valence-electron chi connectivity index (χ2n) is 6.27. The Labute approximate surface area is 131 Å². The van der Waals surface area contributed by atoms with E-state index in [1.165, 1.54) is 22.3 Å². The van der Waals surface area contributed by atoms with E-state index in [9.17, 15) is 0 Å². The molecule has 0 atom stereocenters. The smallest absolute Gasteiger partial charge is 0.212 e. The van der Waals surface area contributed by atoms with Crippen molar-refractivity contribution in [1.29, 1.82) is 0 Å². The van der Waals surface area contributed by atoms with Crippen LogP contribution in [0.3, 0.4) is 0 Å². The van der Waals surface area contributed by atoms with Crippen LogP contribution in [0.4, 0.5) is 0 Å². The van der Waals surface area contributed by atoms with Gasteiger partial charge in [-0.2, -0.15) is 0 Å². The Kier molecular flexibility index (Phi) is 2.98. The van der Waals surface area contributed by atoms with Gasteiger partial charge in [0.05, 0.1) is 0 Å². The summed E-state index contributed by atoms with van der Waals surface area (Å²) in [6, 6.07) is 17.1. The first-order valence-corrected chi connectivity index (χ1v) is 8.16. The summed E-state index contributed by atoms with van der Waals surface area (Å²) in [6.45, 7) is 4.35. The fraction of sp³-hybridized carbons (Fsp3) is 0.350. The molecule has 1 spiro atoms. The van der Waals surface area contributed by atoms with E-state index in [0.29, 0.717) is 0 Å². The highest BCUT2D eigenvalue weighted by atomic mass is 16.5. The van der Waals surface area contributed by atoms with E-state index in [2.05, 4.69) is 62.4 Å². The molecular weight excluding hydrogens is 270 g/mol. The van der Waals surface area contributed by atoms with Crippen LogP contribution in [0.2, 0.25) is 0 Å². The topological polar surface area (TPSA) is 21.6 Å². The van der Waals surface area contributed by atoms with Crippen LogP contribution in [0.1, 0.15) is 48.9 Å². The van der Waals surface area contributed by atoms with Crippen molar-refractivity contribution in [3.8, 4) is 0 Å². The summed E-state index contributed by atoms with van der Waals surface area (Å²) in [5, 5.41) is 0. The van der Waals surface area contributed by atoms with E-state index < -0.39 is 5.72 Å². The predicted molar refractivity (Wildman–Crippen MR) is 89.4 cm³/mol. The van der Waals surface area contributed by atoms with Crippen LogP contribution in [-0.2, 0) is 16.9 Å². The molecule has 0 unspecified atom stereocenters. The Balaban J connectivity index is 1.95. The van der Waals surface area contributed by atoms with Gasteiger partial charge in [0, 0.05) is 17.3 Å². The molecule has 2 aromatic rings. The molecule has 0 bridgehead atoms. The molecule has 0 radical (unpaired) electrons. The fourth-order valence-corrected chi connectivity index (χ4v) is 3.74. The minimum Gasteiger partial charge on any atom is -0.333 e. The second kappa shape index (κ2) is 4.79. The summed E-state index contributed by atoms with van der Waals surface area (Å²) in [5.41, 5.74) is 4.14. The van der Waals surface area contributed by atoms with E-state index in [4.69, 9.17) is 9.73 Å². The van der Waals surface area contributed by atoms with Gasteiger partial charge in [0.15, 0.2) is 0 Å². The molecule has 0 fully saturated rings. The van der Waals surface area contributed by atoms with Crippen molar-refractivity contribution < 1.29 is 4.74 Å². The van der Waals surface area contributed by atoms with Gasteiger partial charge in [-0.25, -0.2) is 0 Å². The number of rotatable bonds is 2. The Hall–Kier alpha value is -1.93. The molecule has 2 nitrogen and oxygen atoms in total. The van der Waals surface area contributed by atoms with Gasteiger partial charge < -0.3 is 4.74 Å². The number of nitrogens with zero attached hydrogens (tertiary/aromatic N) is 1. The Morgan fingerprint density at radius 2 is 1.45 bits per heavy atom. The van der Waals surface area contributed by atoms with Gasteiger partial charge in [-0.1, -0.05) is 62.4 Å². The molecule has 4 rings (SSSR count). The maximum absolute atomic E-state index is 6.71. The maximum Gasteiger partial charge on any atom is 0.212 e. The lowest BCUT2D eigenvalue weighted by molar-refractivity contribution is -0.0830. The molecule has 0 N–H and O–H groups in total. The van der Waals surface area contributed by atoms with Crippen LogP contribution < -0.4 is 0 Å².